The highest BCUT2D eigenvalue weighted by atomic mass is 32.1. The van der Waals surface area contributed by atoms with Gasteiger partial charge in [0.05, 0.1) is 9.80 Å². The molecule has 0 bridgehead atoms. The van der Waals surface area contributed by atoms with Crippen molar-refractivity contribution in [1.82, 2.24) is 10.2 Å². The van der Waals surface area contributed by atoms with E-state index in [4.69, 9.17) is 4.42 Å². The maximum absolute atomic E-state index is 11.9. The van der Waals surface area contributed by atoms with Crippen molar-refractivity contribution in [3.8, 4) is 11.5 Å². The molecule has 2 aromatic heterocycles. The van der Waals surface area contributed by atoms with E-state index in [0.717, 1.165) is 16.9 Å². The first-order chi connectivity index (χ1) is 10.6. The van der Waals surface area contributed by atoms with Gasteiger partial charge in [0.15, 0.2) is 0 Å². The molecule has 1 amide bonds. The molecule has 1 N–H and O–H groups in total. The molecule has 3 rings (SSSR count). The molecule has 0 aliphatic rings. The third kappa shape index (κ3) is 2.83. The average molecular weight is 316 g/mol. The number of benzene rings is 1. The molecule has 0 aliphatic heterocycles. The largest absolute Gasteiger partial charge is 0.403 e. The second-order valence-corrected chi connectivity index (χ2v) is 5.19. The molecule has 1 aromatic carbocycles. The fraction of sp³-hybridized carbons (Fsp3) is 0. The number of nitrogens with zero attached hydrogens (tertiary/aromatic N) is 3. The van der Waals surface area contributed by atoms with E-state index in [1.165, 1.54) is 12.1 Å². The topological polar surface area (TPSA) is 111 Å². The second-order valence-electron chi connectivity index (χ2n) is 4.13. The Hall–Kier alpha value is -3.07. The quantitative estimate of drug-likeness (QED) is 0.585. The molecule has 3 aromatic rings. The minimum absolute atomic E-state index is 0.0695. The number of carbonyl (C=O) groups is 1. The smallest absolute Gasteiger partial charge is 0.324 e. The highest BCUT2D eigenvalue weighted by Crippen LogP contribution is 2.25. The zero-order chi connectivity index (χ0) is 15.5. The van der Waals surface area contributed by atoms with Gasteiger partial charge in [0.1, 0.15) is 0 Å². The van der Waals surface area contributed by atoms with Crippen molar-refractivity contribution < 1.29 is 14.1 Å². The molecule has 0 radical (unpaired) electrons. The van der Waals surface area contributed by atoms with E-state index in [2.05, 4.69) is 15.5 Å². The van der Waals surface area contributed by atoms with E-state index in [1.807, 2.05) is 18.2 Å². The standard InChI is InChI=1S/C13H8N4O4S/c18-11(9-6-7-10(22-9)17(19)20)14-13-16-15-12(21-13)8-4-2-1-3-5-8/h1-7H,(H,14,16,18). The Morgan fingerprint density at radius 2 is 1.95 bits per heavy atom. The van der Waals surface area contributed by atoms with Crippen LogP contribution in [-0.2, 0) is 0 Å². The summed E-state index contributed by atoms with van der Waals surface area (Å²) in [5, 5.41) is 20.4. The van der Waals surface area contributed by atoms with Crippen LogP contribution in [0.1, 0.15) is 9.67 Å². The van der Waals surface area contributed by atoms with Crippen LogP contribution in [0.25, 0.3) is 11.5 Å². The minimum Gasteiger partial charge on any atom is -0.403 e. The molecule has 0 unspecified atom stereocenters. The van der Waals surface area contributed by atoms with Crippen molar-refractivity contribution in [2.45, 2.75) is 0 Å². The van der Waals surface area contributed by atoms with Gasteiger partial charge in [0.2, 0.25) is 5.89 Å². The molecule has 110 valence electrons. The van der Waals surface area contributed by atoms with E-state index in [-0.39, 0.29) is 21.8 Å². The zero-order valence-corrected chi connectivity index (χ0v) is 11.7. The van der Waals surface area contributed by atoms with Crippen LogP contribution in [0.2, 0.25) is 0 Å². The lowest BCUT2D eigenvalue weighted by Crippen LogP contribution is -2.10. The Bertz CT molecular complexity index is 827. The molecule has 0 fully saturated rings. The van der Waals surface area contributed by atoms with E-state index in [1.54, 1.807) is 12.1 Å². The number of nitrogens with one attached hydrogen (secondary N) is 1. The van der Waals surface area contributed by atoms with E-state index in [0.29, 0.717) is 0 Å². The predicted molar refractivity (Wildman–Crippen MR) is 78.7 cm³/mol. The summed E-state index contributed by atoms with van der Waals surface area (Å²) >= 11 is 0.771. The lowest BCUT2D eigenvalue weighted by atomic mass is 10.2. The Morgan fingerprint density at radius 1 is 1.18 bits per heavy atom. The number of anilines is 1. The minimum atomic E-state index is -0.554. The summed E-state index contributed by atoms with van der Waals surface area (Å²) in [4.78, 5) is 22.2. The van der Waals surface area contributed by atoms with Crippen molar-refractivity contribution >= 4 is 28.3 Å². The molecule has 0 spiro atoms. The molecule has 0 saturated carbocycles. The van der Waals surface area contributed by atoms with Crippen molar-refractivity contribution in [3.63, 3.8) is 0 Å². The summed E-state index contributed by atoms with van der Waals surface area (Å²) in [6.45, 7) is 0. The Labute approximate surface area is 127 Å². The van der Waals surface area contributed by atoms with Crippen LogP contribution in [-0.4, -0.2) is 21.0 Å². The van der Waals surface area contributed by atoms with Crippen LogP contribution in [0.5, 0.6) is 0 Å². The molecular formula is C13H8N4O4S. The molecule has 0 saturated heterocycles. The summed E-state index contributed by atoms with van der Waals surface area (Å²) in [5.74, 6) is -0.269. The number of hydrogen-bond donors (Lipinski definition) is 1. The summed E-state index contributed by atoms with van der Waals surface area (Å²) in [7, 11) is 0. The van der Waals surface area contributed by atoms with Crippen molar-refractivity contribution in [3.05, 3.63) is 57.5 Å². The van der Waals surface area contributed by atoms with E-state index >= 15 is 0 Å². The number of hydrogen-bond acceptors (Lipinski definition) is 7. The van der Waals surface area contributed by atoms with Gasteiger partial charge < -0.3 is 4.42 Å². The first kappa shape index (κ1) is 13.9. The van der Waals surface area contributed by atoms with Gasteiger partial charge in [0, 0.05) is 11.6 Å². The molecule has 0 aliphatic carbocycles. The predicted octanol–water partition coefficient (Wildman–Crippen LogP) is 2.96. The van der Waals surface area contributed by atoms with Crippen LogP contribution >= 0.6 is 11.3 Å². The highest BCUT2D eigenvalue weighted by Gasteiger charge is 2.17. The third-order valence-corrected chi connectivity index (χ3v) is 3.70. The van der Waals surface area contributed by atoms with Crippen LogP contribution in [0.15, 0.2) is 46.9 Å². The summed E-state index contributed by atoms with van der Waals surface area (Å²) in [6.07, 6.45) is 0. The molecule has 9 heteroatoms. The van der Waals surface area contributed by atoms with Crippen molar-refractivity contribution in [1.29, 1.82) is 0 Å². The Balaban J connectivity index is 1.74. The second kappa shape index (κ2) is 5.74. The van der Waals surface area contributed by atoms with Gasteiger partial charge >= 0.3 is 11.0 Å². The first-order valence-electron chi connectivity index (χ1n) is 6.08. The Kier molecular flexibility index (Phi) is 3.62. The summed E-state index contributed by atoms with van der Waals surface area (Å²) < 4.78 is 5.33. The third-order valence-electron chi connectivity index (χ3n) is 2.66. The van der Waals surface area contributed by atoms with Gasteiger partial charge in [-0.15, -0.1) is 5.10 Å². The summed E-state index contributed by atoms with van der Waals surface area (Å²) in [5.41, 5.74) is 0.724. The molecule has 22 heavy (non-hydrogen) atoms. The van der Waals surface area contributed by atoms with Crippen LogP contribution in [0.4, 0.5) is 11.0 Å². The van der Waals surface area contributed by atoms with Crippen LogP contribution in [0, 0.1) is 10.1 Å². The van der Waals surface area contributed by atoms with Crippen LogP contribution < -0.4 is 5.32 Å². The lowest BCUT2D eigenvalue weighted by Gasteiger charge is -1.96. The van der Waals surface area contributed by atoms with Gasteiger partial charge in [0.25, 0.3) is 5.91 Å². The maximum atomic E-state index is 11.9. The Morgan fingerprint density at radius 3 is 2.64 bits per heavy atom. The average Bonchev–Trinajstić information content (AvgIpc) is 3.17. The van der Waals surface area contributed by atoms with Crippen LogP contribution in [0.3, 0.4) is 0 Å². The molecular weight excluding hydrogens is 308 g/mol. The number of thiophene rings is 1. The van der Waals surface area contributed by atoms with E-state index in [9.17, 15) is 14.9 Å². The van der Waals surface area contributed by atoms with Gasteiger partial charge in [-0.05, 0) is 18.2 Å². The SMILES string of the molecule is O=C(Nc1nnc(-c2ccccc2)o1)c1ccc([N+](=O)[O-])s1. The highest BCUT2D eigenvalue weighted by molar-refractivity contribution is 7.17. The first-order valence-corrected chi connectivity index (χ1v) is 6.89. The van der Waals surface area contributed by atoms with Gasteiger partial charge in [-0.1, -0.05) is 34.6 Å². The lowest BCUT2D eigenvalue weighted by molar-refractivity contribution is -0.380. The zero-order valence-electron chi connectivity index (χ0n) is 10.9. The van der Waals surface area contributed by atoms with Gasteiger partial charge in [-0.3, -0.25) is 20.2 Å². The number of carbonyl (C=O) groups excluding carboxylic acids is 1. The monoisotopic (exact) mass is 316 g/mol. The summed E-state index contributed by atoms with van der Waals surface area (Å²) in [6, 6.07) is 11.6. The molecule has 2 heterocycles. The van der Waals surface area contributed by atoms with Crippen molar-refractivity contribution in [2.75, 3.05) is 5.32 Å². The van der Waals surface area contributed by atoms with E-state index < -0.39 is 10.8 Å². The van der Waals surface area contributed by atoms with Gasteiger partial charge in [-0.25, -0.2) is 0 Å². The fourth-order valence-electron chi connectivity index (χ4n) is 1.68. The maximum Gasteiger partial charge on any atom is 0.324 e. The van der Waals surface area contributed by atoms with Gasteiger partial charge in [-0.2, -0.15) is 0 Å². The molecule has 8 nitrogen and oxygen atoms in total. The fourth-order valence-corrected chi connectivity index (χ4v) is 2.39. The number of nitro groups is 1. The number of rotatable bonds is 4. The number of aromatic nitrogens is 2. The number of amides is 1. The molecule has 0 atom stereocenters. The normalized spacial score (nSPS) is 10.4. The van der Waals surface area contributed by atoms with Crippen molar-refractivity contribution in [2.24, 2.45) is 0 Å².